The Morgan fingerprint density at radius 2 is 1.97 bits per heavy atom. The van der Waals surface area contributed by atoms with E-state index >= 15 is 0 Å². The molecule has 4 heterocycles. The van der Waals surface area contributed by atoms with Gasteiger partial charge in [0.25, 0.3) is 5.91 Å². The predicted molar refractivity (Wildman–Crippen MR) is 134 cm³/mol. The molecule has 8 nitrogen and oxygen atoms in total. The maximum Gasteiger partial charge on any atom is 0.260 e. The van der Waals surface area contributed by atoms with E-state index in [-0.39, 0.29) is 17.9 Å². The zero-order chi connectivity index (χ0) is 24.4. The summed E-state index contributed by atoms with van der Waals surface area (Å²) in [6, 6.07) is 15.4. The molecular weight excluding hydrogens is 440 g/mol. The summed E-state index contributed by atoms with van der Waals surface area (Å²) in [7, 11) is 0. The summed E-state index contributed by atoms with van der Waals surface area (Å²) in [5.74, 6) is 1.60. The summed E-state index contributed by atoms with van der Waals surface area (Å²) in [6.45, 7) is 6.83. The van der Waals surface area contributed by atoms with Crippen molar-refractivity contribution < 1.29 is 9.53 Å². The van der Waals surface area contributed by atoms with Gasteiger partial charge in [0.1, 0.15) is 23.6 Å². The van der Waals surface area contributed by atoms with Crippen LogP contribution in [0.5, 0.6) is 5.75 Å². The van der Waals surface area contributed by atoms with E-state index in [0.29, 0.717) is 35.3 Å². The number of amides is 1. The fourth-order valence-electron chi connectivity index (χ4n) is 4.37. The summed E-state index contributed by atoms with van der Waals surface area (Å²) in [4.78, 5) is 22.6. The van der Waals surface area contributed by atoms with Gasteiger partial charge in [0.2, 0.25) is 0 Å². The first-order chi connectivity index (χ1) is 17.0. The highest BCUT2D eigenvalue weighted by Gasteiger charge is 2.21. The molecule has 8 heteroatoms. The fraction of sp³-hybridized carbons (Fsp3) is 0.296. The third-order valence-corrected chi connectivity index (χ3v) is 6.28. The summed E-state index contributed by atoms with van der Waals surface area (Å²) < 4.78 is 8.20. The van der Waals surface area contributed by atoms with Crippen LogP contribution in [0.4, 0.5) is 5.82 Å². The number of anilines is 1. The van der Waals surface area contributed by atoms with E-state index in [4.69, 9.17) is 4.74 Å². The predicted octanol–water partition coefficient (Wildman–Crippen LogP) is 5.20. The molecule has 0 saturated heterocycles. The van der Waals surface area contributed by atoms with E-state index in [1.54, 1.807) is 12.4 Å². The number of carbonyl (C=O) groups is 1. The van der Waals surface area contributed by atoms with Crippen LogP contribution >= 0.6 is 0 Å². The van der Waals surface area contributed by atoms with Crippen LogP contribution in [0, 0.1) is 5.92 Å². The lowest BCUT2D eigenvalue weighted by atomic mass is 10.0. The second kappa shape index (κ2) is 9.66. The molecule has 0 unspecified atom stereocenters. The lowest BCUT2D eigenvalue weighted by molar-refractivity contribution is 0.102. The zero-order valence-electron chi connectivity index (χ0n) is 20.1. The van der Waals surface area contributed by atoms with Crippen molar-refractivity contribution in [2.45, 2.75) is 39.7 Å². The van der Waals surface area contributed by atoms with Crippen molar-refractivity contribution in [1.82, 2.24) is 24.7 Å². The van der Waals surface area contributed by atoms with Crippen molar-refractivity contribution in [1.29, 1.82) is 0 Å². The highest BCUT2D eigenvalue weighted by molar-refractivity contribution is 6.06. The summed E-state index contributed by atoms with van der Waals surface area (Å²) in [5.41, 5.74) is 3.98. The molecule has 178 valence electrons. The highest BCUT2D eigenvalue weighted by Crippen LogP contribution is 2.30. The van der Waals surface area contributed by atoms with Gasteiger partial charge in [-0.3, -0.25) is 9.78 Å². The second-order valence-electron chi connectivity index (χ2n) is 9.03. The third-order valence-electron chi connectivity index (χ3n) is 6.28. The number of fused-ring (bicyclic) bond motifs is 5. The van der Waals surface area contributed by atoms with E-state index in [2.05, 4.69) is 46.3 Å². The number of ether oxygens (including phenoxy) is 1. The number of hydrogen-bond acceptors (Lipinski definition) is 6. The average Bonchev–Trinajstić information content (AvgIpc) is 3.37. The van der Waals surface area contributed by atoms with Gasteiger partial charge in [-0.2, -0.15) is 0 Å². The Bertz CT molecular complexity index is 1350. The van der Waals surface area contributed by atoms with Crippen LogP contribution in [-0.2, 0) is 6.42 Å². The molecule has 4 aromatic rings. The normalized spacial score (nSPS) is 18.0. The molecule has 0 fully saturated rings. The topological polar surface area (TPSA) is 94.8 Å². The van der Waals surface area contributed by atoms with Crippen molar-refractivity contribution in [3.63, 3.8) is 0 Å². The largest absolute Gasteiger partial charge is 0.492 e. The number of rotatable bonds is 2. The van der Waals surface area contributed by atoms with Gasteiger partial charge in [0, 0.05) is 23.5 Å². The fourth-order valence-corrected chi connectivity index (χ4v) is 4.37. The smallest absolute Gasteiger partial charge is 0.260 e. The Balaban J connectivity index is 1.55. The van der Waals surface area contributed by atoms with Crippen LogP contribution in [0.1, 0.15) is 49.3 Å². The molecule has 5 rings (SSSR count). The number of pyridine rings is 2. The van der Waals surface area contributed by atoms with Crippen LogP contribution in [0.3, 0.4) is 0 Å². The Morgan fingerprint density at radius 1 is 1.11 bits per heavy atom. The van der Waals surface area contributed by atoms with E-state index < -0.39 is 0 Å². The number of carbonyl (C=O) groups excluding carboxylic acids is 1. The first-order valence-electron chi connectivity index (χ1n) is 11.9. The second-order valence-corrected chi connectivity index (χ2v) is 9.03. The Morgan fingerprint density at radius 3 is 2.77 bits per heavy atom. The van der Waals surface area contributed by atoms with Gasteiger partial charge in [-0.25, -0.2) is 4.98 Å². The molecule has 2 atom stereocenters. The number of aromatic nitrogens is 5. The summed E-state index contributed by atoms with van der Waals surface area (Å²) >= 11 is 0. The first kappa shape index (κ1) is 22.7. The maximum absolute atomic E-state index is 13.4. The molecule has 1 aliphatic heterocycles. The number of benzene rings is 1. The molecule has 3 aromatic heterocycles. The van der Waals surface area contributed by atoms with Crippen molar-refractivity contribution in [2.75, 3.05) is 11.9 Å². The Kier molecular flexibility index (Phi) is 6.27. The summed E-state index contributed by atoms with van der Waals surface area (Å²) in [6.07, 6.45) is 5.30. The third kappa shape index (κ3) is 4.77. The van der Waals surface area contributed by atoms with Crippen molar-refractivity contribution in [2.24, 2.45) is 5.92 Å². The molecule has 0 saturated carbocycles. The Labute approximate surface area is 204 Å². The quantitative estimate of drug-likeness (QED) is 0.435. The minimum Gasteiger partial charge on any atom is -0.492 e. The highest BCUT2D eigenvalue weighted by atomic mass is 16.5. The number of aryl methyl sites for hydroxylation is 1. The first-order valence-corrected chi connectivity index (χ1v) is 11.9. The molecule has 1 aliphatic rings. The number of nitrogens with zero attached hydrogens (tertiary/aromatic N) is 5. The lowest BCUT2D eigenvalue weighted by Gasteiger charge is -2.21. The van der Waals surface area contributed by atoms with Crippen molar-refractivity contribution >= 4 is 11.7 Å². The molecule has 35 heavy (non-hydrogen) atoms. The van der Waals surface area contributed by atoms with Gasteiger partial charge in [-0.15, -0.1) is 10.2 Å². The molecule has 0 aliphatic carbocycles. The van der Waals surface area contributed by atoms with E-state index in [1.807, 2.05) is 53.2 Å². The minimum atomic E-state index is -0.288. The van der Waals surface area contributed by atoms with Gasteiger partial charge in [0.05, 0.1) is 12.2 Å². The van der Waals surface area contributed by atoms with Crippen LogP contribution in [0.25, 0.3) is 22.6 Å². The van der Waals surface area contributed by atoms with Crippen LogP contribution < -0.4 is 10.1 Å². The number of hydrogen-bond donors (Lipinski definition) is 1. The van der Waals surface area contributed by atoms with E-state index in [0.717, 1.165) is 29.7 Å². The van der Waals surface area contributed by atoms with Crippen LogP contribution in [0.2, 0.25) is 0 Å². The van der Waals surface area contributed by atoms with Gasteiger partial charge in [-0.05, 0) is 61.6 Å². The molecule has 1 aromatic carbocycles. The van der Waals surface area contributed by atoms with Gasteiger partial charge < -0.3 is 14.6 Å². The van der Waals surface area contributed by atoms with E-state index in [1.165, 1.54) is 0 Å². The molecule has 0 radical (unpaired) electrons. The minimum absolute atomic E-state index is 0.155. The lowest BCUT2D eigenvalue weighted by Crippen LogP contribution is -2.19. The van der Waals surface area contributed by atoms with E-state index in [9.17, 15) is 4.79 Å². The zero-order valence-corrected chi connectivity index (χ0v) is 20.1. The van der Waals surface area contributed by atoms with Gasteiger partial charge in [0.15, 0.2) is 5.82 Å². The molecule has 1 amide bonds. The summed E-state index contributed by atoms with van der Waals surface area (Å²) in [5, 5.41) is 11.3. The molecule has 0 spiro atoms. The van der Waals surface area contributed by atoms with Crippen LogP contribution in [0.15, 0.2) is 61.1 Å². The maximum atomic E-state index is 13.4. The van der Waals surface area contributed by atoms with Gasteiger partial charge >= 0.3 is 0 Å². The number of nitrogens with one attached hydrogen (secondary N) is 1. The average molecular weight is 469 g/mol. The van der Waals surface area contributed by atoms with Crippen molar-refractivity contribution in [3.05, 3.63) is 72.3 Å². The Hall–Kier alpha value is -4.07. The van der Waals surface area contributed by atoms with Crippen LogP contribution in [-0.4, -0.2) is 37.2 Å². The van der Waals surface area contributed by atoms with Crippen molar-refractivity contribution in [3.8, 4) is 28.4 Å². The molecule has 2 bridgehead atoms. The molecule has 1 N–H and O–H groups in total. The molecular formula is C27H28N6O2. The van der Waals surface area contributed by atoms with Gasteiger partial charge in [-0.1, -0.05) is 32.0 Å². The SMILES string of the molecule is CCc1ccc(-c2ccc3c(c2)C(=O)Nc2cccc(n2)-c2nncn2[C@@H](C)C[C@@H](C)CO3)cn1. The monoisotopic (exact) mass is 468 g/mol. The standard InChI is InChI=1S/C27H28N6O2/c1-4-21-10-8-20(14-28-21)19-9-11-24-22(13-19)27(34)31-25-7-5-6-23(30-25)26-32-29-16-33(26)18(3)12-17(2)15-35-24/h5-11,13-14,16-18H,4,12,15H2,1-3H3,(H,30,31,34)/t17-,18+/m1/s1.